The zero-order valence-electron chi connectivity index (χ0n) is 24.6. The van der Waals surface area contributed by atoms with Crippen molar-refractivity contribution >= 4 is 9.84 Å². The monoisotopic (exact) mass is 622 g/mol. The van der Waals surface area contributed by atoms with E-state index in [1.165, 1.54) is 11.1 Å². The van der Waals surface area contributed by atoms with Gasteiger partial charge >= 0.3 is 12.1 Å². The predicted molar refractivity (Wildman–Crippen MR) is 153 cm³/mol. The van der Waals surface area contributed by atoms with E-state index in [1.807, 2.05) is 12.1 Å². The molecule has 2 saturated carbocycles. The molecule has 2 fully saturated rings. The first-order chi connectivity index (χ1) is 19.6. The number of phenolic OH excluding ortho intramolecular Hbond substituents is 1. The van der Waals surface area contributed by atoms with Crippen LogP contribution in [0.15, 0.2) is 18.2 Å². The summed E-state index contributed by atoms with van der Waals surface area (Å²) in [6, 6.07) is 5.86. The summed E-state index contributed by atoms with van der Waals surface area (Å²) in [5.41, 5.74) is 2.65. The fourth-order valence-electron chi connectivity index (χ4n) is 8.40. The predicted octanol–water partition coefficient (Wildman–Crippen LogP) is 8.35. The first-order valence-corrected chi connectivity index (χ1v) is 17.6. The lowest BCUT2D eigenvalue weighted by molar-refractivity contribution is -0.284. The number of alkyl halides is 5. The normalized spacial score (nSPS) is 29.6. The Morgan fingerprint density at radius 3 is 2.24 bits per heavy atom. The number of aliphatic hydroxyl groups excluding tert-OH is 1. The maximum atomic E-state index is 13.0. The Morgan fingerprint density at radius 2 is 1.55 bits per heavy atom. The SMILES string of the molecule is C[C@@]12CC[C@H]3c4ccc(O)cc4C[C@H](CCCCCCCCCS(=O)(=O)CCCC(F)(F)C(F)(F)F)[C@@H]3[C@H]1CC[C@H]2O. The van der Waals surface area contributed by atoms with Gasteiger partial charge in [0.05, 0.1) is 17.6 Å². The van der Waals surface area contributed by atoms with Crippen molar-refractivity contribution in [3.8, 4) is 5.75 Å². The van der Waals surface area contributed by atoms with Gasteiger partial charge in [-0.3, -0.25) is 0 Å². The van der Waals surface area contributed by atoms with Crippen LogP contribution in [0.4, 0.5) is 22.0 Å². The van der Waals surface area contributed by atoms with Crippen LogP contribution in [0.25, 0.3) is 0 Å². The molecule has 42 heavy (non-hydrogen) atoms. The largest absolute Gasteiger partial charge is 0.508 e. The summed E-state index contributed by atoms with van der Waals surface area (Å²) in [4.78, 5) is 0. The third-order valence-corrected chi connectivity index (χ3v) is 12.5. The summed E-state index contributed by atoms with van der Waals surface area (Å²) in [5, 5.41) is 21.0. The van der Waals surface area contributed by atoms with E-state index in [0.29, 0.717) is 42.3 Å². The molecule has 0 amide bonds. The molecular formula is C32H47F5O4S. The molecule has 4 rings (SSSR count). The second-order valence-electron chi connectivity index (χ2n) is 13.5. The molecule has 3 aliphatic carbocycles. The fraction of sp³-hybridized carbons (Fsp3) is 0.812. The van der Waals surface area contributed by atoms with Crippen molar-refractivity contribution in [2.75, 3.05) is 11.5 Å². The van der Waals surface area contributed by atoms with Crippen molar-refractivity contribution in [3.63, 3.8) is 0 Å². The average Bonchev–Trinajstić information content (AvgIpc) is 3.20. The Labute approximate surface area is 247 Å². The number of hydrogen-bond donors (Lipinski definition) is 2. The maximum Gasteiger partial charge on any atom is 0.453 e. The summed E-state index contributed by atoms with van der Waals surface area (Å²) < 4.78 is 86.8. The molecule has 240 valence electrons. The molecule has 6 atom stereocenters. The lowest BCUT2D eigenvalue weighted by Gasteiger charge is -2.53. The van der Waals surface area contributed by atoms with Crippen molar-refractivity contribution in [1.29, 1.82) is 0 Å². The number of hydrogen-bond acceptors (Lipinski definition) is 4. The molecule has 0 aliphatic heterocycles. The molecule has 10 heteroatoms. The van der Waals surface area contributed by atoms with Crippen molar-refractivity contribution in [2.24, 2.45) is 23.2 Å². The number of aliphatic hydroxyl groups is 1. The molecule has 0 radical (unpaired) electrons. The lowest BCUT2D eigenvalue weighted by Crippen LogP contribution is -2.47. The van der Waals surface area contributed by atoms with Gasteiger partial charge in [-0.15, -0.1) is 0 Å². The number of sulfone groups is 1. The smallest absolute Gasteiger partial charge is 0.453 e. The standard InChI is InChI=1S/C32H47F5O4S/c1-30-17-15-26-25-12-11-24(38)21-23(25)20-22(29(26)27(30)13-14-28(30)39)10-7-5-3-2-4-6-8-18-42(40,41)19-9-16-31(33,34)32(35,36)37/h11-12,21-22,26-29,38-39H,2-10,13-20H2,1H3/t22-,26-,27+,28+,29-,30+/m0/s1. The zero-order valence-corrected chi connectivity index (χ0v) is 25.5. The van der Waals surface area contributed by atoms with Gasteiger partial charge in [0, 0.05) is 6.42 Å². The van der Waals surface area contributed by atoms with E-state index in [9.17, 15) is 40.6 Å². The van der Waals surface area contributed by atoms with Crippen molar-refractivity contribution in [1.82, 2.24) is 0 Å². The highest BCUT2D eigenvalue weighted by molar-refractivity contribution is 7.91. The highest BCUT2D eigenvalue weighted by atomic mass is 32.2. The number of rotatable bonds is 14. The van der Waals surface area contributed by atoms with Crippen LogP contribution in [0.1, 0.15) is 114 Å². The Hall–Kier alpha value is -1.42. The molecule has 0 aromatic heterocycles. The minimum Gasteiger partial charge on any atom is -0.508 e. The van der Waals surface area contributed by atoms with Gasteiger partial charge in [-0.05, 0) is 104 Å². The van der Waals surface area contributed by atoms with E-state index in [2.05, 4.69) is 13.0 Å². The highest BCUT2D eigenvalue weighted by Gasteiger charge is 2.57. The highest BCUT2D eigenvalue weighted by Crippen LogP contribution is 2.62. The molecule has 0 unspecified atom stereocenters. The van der Waals surface area contributed by atoms with Crippen LogP contribution in [-0.2, 0) is 16.3 Å². The average molecular weight is 623 g/mol. The third kappa shape index (κ3) is 7.62. The number of benzene rings is 1. The molecule has 3 aliphatic rings. The zero-order chi connectivity index (χ0) is 30.8. The first-order valence-electron chi connectivity index (χ1n) is 15.8. The van der Waals surface area contributed by atoms with Crippen molar-refractivity contribution in [2.45, 2.75) is 127 Å². The number of aromatic hydroxyl groups is 1. The van der Waals surface area contributed by atoms with Gasteiger partial charge in [0.25, 0.3) is 0 Å². The van der Waals surface area contributed by atoms with Gasteiger partial charge in [0.1, 0.15) is 15.6 Å². The van der Waals surface area contributed by atoms with Gasteiger partial charge in [-0.25, -0.2) is 8.42 Å². The molecule has 0 spiro atoms. The second kappa shape index (κ2) is 13.3. The first kappa shape index (κ1) is 33.5. The summed E-state index contributed by atoms with van der Waals surface area (Å²) in [7, 11) is -3.64. The lowest BCUT2D eigenvalue weighted by atomic mass is 9.52. The Morgan fingerprint density at radius 1 is 0.905 bits per heavy atom. The molecule has 0 saturated heterocycles. The van der Waals surface area contributed by atoms with Crippen LogP contribution >= 0.6 is 0 Å². The third-order valence-electron chi connectivity index (χ3n) is 10.7. The van der Waals surface area contributed by atoms with Crippen molar-refractivity contribution in [3.05, 3.63) is 29.3 Å². The van der Waals surface area contributed by atoms with E-state index in [1.54, 1.807) is 0 Å². The van der Waals surface area contributed by atoms with Gasteiger partial charge < -0.3 is 10.2 Å². The molecule has 4 nitrogen and oxygen atoms in total. The number of phenols is 1. The van der Waals surface area contributed by atoms with E-state index >= 15 is 0 Å². The van der Waals surface area contributed by atoms with Gasteiger partial charge in [-0.2, -0.15) is 22.0 Å². The van der Waals surface area contributed by atoms with Crippen LogP contribution in [0.2, 0.25) is 0 Å². The molecule has 2 N–H and O–H groups in total. The Balaban J connectivity index is 1.17. The van der Waals surface area contributed by atoms with Crippen LogP contribution in [0.3, 0.4) is 0 Å². The number of fused-ring (bicyclic) bond motifs is 5. The second-order valence-corrected chi connectivity index (χ2v) is 15.8. The van der Waals surface area contributed by atoms with Crippen LogP contribution in [0.5, 0.6) is 5.75 Å². The summed E-state index contributed by atoms with van der Waals surface area (Å²) >= 11 is 0. The molecule has 0 heterocycles. The molecule has 1 aromatic carbocycles. The van der Waals surface area contributed by atoms with E-state index in [4.69, 9.17) is 0 Å². The topological polar surface area (TPSA) is 74.6 Å². The molecule has 1 aromatic rings. The molecule has 0 bridgehead atoms. The van der Waals surface area contributed by atoms with E-state index in [-0.39, 0.29) is 17.3 Å². The van der Waals surface area contributed by atoms with Crippen molar-refractivity contribution < 1.29 is 40.6 Å². The fourth-order valence-corrected chi connectivity index (χ4v) is 9.83. The Kier molecular flexibility index (Phi) is 10.6. The number of halogens is 5. The summed E-state index contributed by atoms with van der Waals surface area (Å²) in [6.45, 7) is 2.28. The quantitative estimate of drug-likeness (QED) is 0.162. The summed E-state index contributed by atoms with van der Waals surface area (Å²) in [5.74, 6) is -3.27. The Bertz CT molecular complexity index is 1150. The number of unbranched alkanes of at least 4 members (excludes halogenated alkanes) is 6. The minimum atomic E-state index is -5.65. The maximum absolute atomic E-state index is 13.0. The van der Waals surface area contributed by atoms with Crippen LogP contribution in [-0.4, -0.2) is 48.3 Å². The van der Waals surface area contributed by atoms with Gasteiger partial charge in [-0.1, -0.05) is 51.5 Å². The van der Waals surface area contributed by atoms with Gasteiger partial charge in [0.15, 0.2) is 0 Å². The minimum absolute atomic E-state index is 0.00450. The molecular weight excluding hydrogens is 575 g/mol. The van der Waals surface area contributed by atoms with Crippen LogP contribution in [0, 0.1) is 23.2 Å². The van der Waals surface area contributed by atoms with E-state index < -0.39 is 40.5 Å². The van der Waals surface area contributed by atoms with Crippen LogP contribution < -0.4 is 0 Å². The van der Waals surface area contributed by atoms with E-state index in [0.717, 1.165) is 70.6 Å². The summed E-state index contributed by atoms with van der Waals surface area (Å²) in [6.07, 6.45) is 4.22. The van der Waals surface area contributed by atoms with Gasteiger partial charge in [0.2, 0.25) is 0 Å².